The van der Waals surface area contributed by atoms with Gasteiger partial charge in [0.2, 0.25) is 5.91 Å². The number of amides is 1. The molecule has 1 amide bonds. The van der Waals surface area contributed by atoms with E-state index in [0.717, 1.165) is 30.8 Å². The van der Waals surface area contributed by atoms with E-state index >= 15 is 0 Å². The van der Waals surface area contributed by atoms with Gasteiger partial charge in [0.1, 0.15) is 13.2 Å². The molecule has 3 N–H and O–H groups in total. The molecule has 3 rings (SSSR count). The molecule has 0 aromatic heterocycles. The normalized spacial score (nSPS) is 20.0. The van der Waals surface area contributed by atoms with Crippen molar-refractivity contribution >= 4 is 18.3 Å². The van der Waals surface area contributed by atoms with Crippen LogP contribution in [0.4, 0.5) is 0 Å². The molecule has 5 nitrogen and oxygen atoms in total. The number of rotatable bonds is 6. The highest BCUT2D eigenvalue weighted by Crippen LogP contribution is 2.43. The van der Waals surface area contributed by atoms with Gasteiger partial charge in [-0.1, -0.05) is 32.3 Å². The Kier molecular flexibility index (Phi) is 6.80. The van der Waals surface area contributed by atoms with Crippen molar-refractivity contribution in [2.75, 3.05) is 19.8 Å². The Labute approximate surface area is 162 Å². The highest BCUT2D eigenvalue weighted by atomic mass is 35.5. The van der Waals surface area contributed by atoms with E-state index in [1.165, 1.54) is 18.4 Å². The lowest BCUT2D eigenvalue weighted by Crippen LogP contribution is -2.54. The van der Waals surface area contributed by atoms with Crippen LogP contribution < -0.4 is 20.5 Å². The van der Waals surface area contributed by atoms with Gasteiger partial charge in [-0.3, -0.25) is 4.79 Å². The van der Waals surface area contributed by atoms with Crippen LogP contribution in [0.5, 0.6) is 11.5 Å². The number of carbonyl (C=O) groups is 1. The Morgan fingerprint density at radius 3 is 2.54 bits per heavy atom. The molecule has 1 fully saturated rings. The molecule has 1 atom stereocenters. The lowest BCUT2D eigenvalue weighted by molar-refractivity contribution is -0.126. The van der Waals surface area contributed by atoms with Crippen LogP contribution in [0, 0.1) is 0 Å². The third kappa shape index (κ3) is 4.26. The second-order valence-electron chi connectivity index (χ2n) is 7.70. The minimum atomic E-state index is -0.804. The van der Waals surface area contributed by atoms with Gasteiger partial charge >= 0.3 is 0 Å². The van der Waals surface area contributed by atoms with Gasteiger partial charge in [0, 0.05) is 12.0 Å². The van der Waals surface area contributed by atoms with Crippen molar-refractivity contribution in [2.45, 2.75) is 63.3 Å². The molecule has 6 heteroatoms. The average molecular weight is 383 g/mol. The maximum atomic E-state index is 12.5. The molecular formula is C20H31ClN2O3. The Hall–Kier alpha value is -1.46. The standard InChI is InChI=1S/C20H30N2O3.ClH/c1-3-8-19(2,21)18(23)22-14-20(9-4-5-10-20)15-6-7-16-17(13-15)25-12-11-24-16;/h6-7,13H,3-5,8-12,14,21H2,1-2H3,(H,22,23);1H. The van der Waals surface area contributed by atoms with E-state index in [2.05, 4.69) is 17.4 Å². The third-order valence-electron chi connectivity index (χ3n) is 5.59. The third-order valence-corrected chi connectivity index (χ3v) is 5.59. The van der Waals surface area contributed by atoms with Crippen LogP contribution >= 0.6 is 12.4 Å². The second-order valence-corrected chi connectivity index (χ2v) is 7.70. The molecule has 2 aliphatic rings. The van der Waals surface area contributed by atoms with Crippen LogP contribution in [-0.4, -0.2) is 31.2 Å². The van der Waals surface area contributed by atoms with Gasteiger partial charge in [-0.15, -0.1) is 12.4 Å². The molecule has 0 radical (unpaired) electrons. The molecule has 1 aromatic carbocycles. The summed E-state index contributed by atoms with van der Waals surface area (Å²) >= 11 is 0. The Bertz CT molecular complexity index is 627. The van der Waals surface area contributed by atoms with Gasteiger partial charge in [-0.25, -0.2) is 0 Å². The molecule has 26 heavy (non-hydrogen) atoms. The fraction of sp³-hybridized carbons (Fsp3) is 0.650. The number of nitrogens with one attached hydrogen (secondary N) is 1. The van der Waals surface area contributed by atoms with E-state index in [0.29, 0.717) is 26.2 Å². The van der Waals surface area contributed by atoms with Gasteiger partial charge in [0.05, 0.1) is 5.54 Å². The summed E-state index contributed by atoms with van der Waals surface area (Å²) in [5, 5.41) is 3.13. The molecule has 0 bridgehead atoms. The average Bonchev–Trinajstić information content (AvgIpc) is 3.09. The minimum Gasteiger partial charge on any atom is -0.486 e. The van der Waals surface area contributed by atoms with Crippen molar-refractivity contribution in [1.29, 1.82) is 0 Å². The maximum Gasteiger partial charge on any atom is 0.239 e. The Balaban J connectivity index is 0.00000243. The minimum absolute atomic E-state index is 0. The van der Waals surface area contributed by atoms with Crippen LogP contribution in [0.25, 0.3) is 0 Å². The quantitative estimate of drug-likeness (QED) is 0.791. The van der Waals surface area contributed by atoms with E-state index in [9.17, 15) is 4.79 Å². The van der Waals surface area contributed by atoms with E-state index in [4.69, 9.17) is 15.2 Å². The predicted molar refractivity (Wildman–Crippen MR) is 105 cm³/mol. The lowest BCUT2D eigenvalue weighted by atomic mass is 9.78. The largest absolute Gasteiger partial charge is 0.486 e. The number of nitrogens with two attached hydrogens (primary N) is 1. The number of hydrogen-bond acceptors (Lipinski definition) is 4. The van der Waals surface area contributed by atoms with Crippen molar-refractivity contribution in [3.05, 3.63) is 23.8 Å². The monoisotopic (exact) mass is 382 g/mol. The van der Waals surface area contributed by atoms with E-state index in [1.807, 2.05) is 19.9 Å². The molecule has 1 aromatic rings. The maximum absolute atomic E-state index is 12.5. The fourth-order valence-electron chi connectivity index (χ4n) is 4.08. The molecule has 1 heterocycles. The van der Waals surface area contributed by atoms with Crippen LogP contribution in [0.3, 0.4) is 0 Å². The smallest absolute Gasteiger partial charge is 0.239 e. The van der Waals surface area contributed by atoms with Gasteiger partial charge < -0.3 is 20.5 Å². The van der Waals surface area contributed by atoms with E-state index in [-0.39, 0.29) is 23.7 Å². The fourth-order valence-corrected chi connectivity index (χ4v) is 4.08. The summed E-state index contributed by atoms with van der Waals surface area (Å²) in [6.45, 7) is 5.67. The summed E-state index contributed by atoms with van der Waals surface area (Å²) in [4.78, 5) is 12.5. The van der Waals surface area contributed by atoms with Crippen molar-refractivity contribution < 1.29 is 14.3 Å². The zero-order valence-electron chi connectivity index (χ0n) is 15.8. The SMILES string of the molecule is CCCC(C)(N)C(=O)NCC1(c2ccc3c(c2)OCCO3)CCCC1.Cl. The number of benzene rings is 1. The van der Waals surface area contributed by atoms with Crippen LogP contribution in [0.1, 0.15) is 57.9 Å². The molecule has 1 aliphatic carbocycles. The second kappa shape index (κ2) is 8.49. The van der Waals surface area contributed by atoms with Gasteiger partial charge in [-0.05, 0) is 43.9 Å². The number of fused-ring (bicyclic) bond motifs is 1. The van der Waals surface area contributed by atoms with Gasteiger partial charge in [0.25, 0.3) is 0 Å². The zero-order valence-corrected chi connectivity index (χ0v) is 16.6. The van der Waals surface area contributed by atoms with Gasteiger partial charge in [0.15, 0.2) is 11.5 Å². The summed E-state index contributed by atoms with van der Waals surface area (Å²) in [6, 6.07) is 6.22. The van der Waals surface area contributed by atoms with E-state index < -0.39 is 5.54 Å². The van der Waals surface area contributed by atoms with Crippen molar-refractivity contribution in [2.24, 2.45) is 5.73 Å². The first-order valence-electron chi connectivity index (χ1n) is 9.44. The number of carbonyl (C=O) groups excluding carboxylic acids is 1. The van der Waals surface area contributed by atoms with Crippen LogP contribution in [0.2, 0.25) is 0 Å². The molecule has 146 valence electrons. The van der Waals surface area contributed by atoms with Gasteiger partial charge in [-0.2, -0.15) is 0 Å². The molecule has 1 unspecified atom stereocenters. The van der Waals surface area contributed by atoms with Crippen molar-refractivity contribution in [3.63, 3.8) is 0 Å². The Morgan fingerprint density at radius 2 is 1.88 bits per heavy atom. The van der Waals surface area contributed by atoms with Crippen molar-refractivity contribution in [3.8, 4) is 11.5 Å². The molecule has 1 aliphatic heterocycles. The number of halogens is 1. The Morgan fingerprint density at radius 1 is 1.23 bits per heavy atom. The van der Waals surface area contributed by atoms with E-state index in [1.54, 1.807) is 0 Å². The van der Waals surface area contributed by atoms with Crippen LogP contribution in [0.15, 0.2) is 18.2 Å². The molecule has 1 saturated carbocycles. The first-order valence-corrected chi connectivity index (χ1v) is 9.44. The van der Waals surface area contributed by atoms with Crippen LogP contribution in [-0.2, 0) is 10.2 Å². The summed E-state index contributed by atoms with van der Waals surface area (Å²) < 4.78 is 11.4. The first kappa shape index (κ1) is 20.8. The molecule has 0 spiro atoms. The number of hydrogen-bond donors (Lipinski definition) is 2. The summed E-state index contributed by atoms with van der Waals surface area (Å²) in [7, 11) is 0. The predicted octanol–water partition coefficient (Wildman–Crippen LogP) is 3.33. The highest BCUT2D eigenvalue weighted by Gasteiger charge is 2.38. The summed E-state index contributed by atoms with van der Waals surface area (Å²) in [5.41, 5.74) is 6.57. The zero-order chi connectivity index (χ0) is 17.9. The summed E-state index contributed by atoms with van der Waals surface area (Å²) in [6.07, 6.45) is 6.09. The number of ether oxygens (including phenoxy) is 2. The van der Waals surface area contributed by atoms with Crippen molar-refractivity contribution in [1.82, 2.24) is 5.32 Å². The first-order chi connectivity index (χ1) is 12.0. The highest BCUT2D eigenvalue weighted by molar-refractivity contribution is 5.85. The lowest BCUT2D eigenvalue weighted by Gasteiger charge is -2.33. The molecule has 0 saturated heterocycles. The topological polar surface area (TPSA) is 73.6 Å². The molecular weight excluding hydrogens is 352 g/mol. The summed E-state index contributed by atoms with van der Waals surface area (Å²) in [5.74, 6) is 1.57.